The van der Waals surface area contributed by atoms with E-state index in [9.17, 15) is 0 Å². The van der Waals surface area contributed by atoms with Crippen LogP contribution in [0.1, 0.15) is 38.6 Å². The predicted molar refractivity (Wildman–Crippen MR) is 121 cm³/mol. The molecule has 150 valence electrons. The number of aryl methyl sites for hydroxylation is 2. The van der Waals surface area contributed by atoms with Crippen LogP contribution in [0.4, 0.5) is 5.82 Å². The monoisotopic (exact) mass is 387 g/mol. The van der Waals surface area contributed by atoms with Crippen LogP contribution in [0.15, 0.2) is 60.9 Å². The molecule has 0 aliphatic heterocycles. The largest absolute Gasteiger partial charge is 0.364 e. The van der Waals surface area contributed by atoms with Gasteiger partial charge in [0.1, 0.15) is 11.3 Å². The molecule has 0 atom stereocenters. The third-order valence-electron chi connectivity index (χ3n) is 4.56. The highest BCUT2D eigenvalue weighted by molar-refractivity contribution is 5.83. The molecule has 1 N–H and O–H groups in total. The number of nitrogens with one attached hydrogen (secondary N) is 1. The van der Waals surface area contributed by atoms with Crippen LogP contribution < -0.4 is 5.32 Å². The zero-order valence-electron chi connectivity index (χ0n) is 17.7. The van der Waals surface area contributed by atoms with Crippen molar-refractivity contribution in [1.82, 2.24) is 19.5 Å². The smallest absolute Gasteiger partial charge is 0.165 e. The van der Waals surface area contributed by atoms with Gasteiger partial charge in [-0.1, -0.05) is 75.4 Å². The van der Waals surface area contributed by atoms with Crippen LogP contribution in [-0.4, -0.2) is 19.5 Å². The summed E-state index contributed by atoms with van der Waals surface area (Å²) in [6.07, 6.45) is 2.90. The Kier molecular flexibility index (Phi) is 6.95. The predicted octanol–water partition coefficient (Wildman–Crippen LogP) is 5.85. The van der Waals surface area contributed by atoms with Crippen LogP contribution in [0.2, 0.25) is 0 Å². The van der Waals surface area contributed by atoms with Gasteiger partial charge in [-0.25, -0.2) is 15.0 Å². The van der Waals surface area contributed by atoms with Gasteiger partial charge in [0.25, 0.3) is 0 Å². The fourth-order valence-electron chi connectivity index (χ4n) is 3.21. The lowest BCUT2D eigenvalue weighted by molar-refractivity contribution is 0.690. The third-order valence-corrected chi connectivity index (χ3v) is 4.56. The first kappa shape index (κ1) is 20.5. The Morgan fingerprint density at radius 1 is 0.897 bits per heavy atom. The van der Waals surface area contributed by atoms with Crippen LogP contribution in [-0.2, 0) is 13.1 Å². The molecule has 0 fully saturated rings. The van der Waals surface area contributed by atoms with E-state index in [2.05, 4.69) is 80.3 Å². The number of anilines is 1. The van der Waals surface area contributed by atoms with E-state index >= 15 is 0 Å². The second-order valence-electron chi connectivity index (χ2n) is 6.65. The van der Waals surface area contributed by atoms with Crippen LogP contribution >= 0.6 is 0 Å². The summed E-state index contributed by atoms with van der Waals surface area (Å²) in [6, 6.07) is 19.0. The fraction of sp³-hybridized carbons (Fsp3) is 0.292. The molecule has 2 aromatic heterocycles. The number of hydrogen-bond donors (Lipinski definition) is 1. The number of benzene rings is 2. The summed E-state index contributed by atoms with van der Waals surface area (Å²) in [4.78, 5) is 13.6. The number of fused-ring (bicyclic) bond motifs is 1. The summed E-state index contributed by atoms with van der Waals surface area (Å²) in [6.45, 7) is 9.68. The van der Waals surface area contributed by atoms with E-state index in [4.69, 9.17) is 0 Å². The average Bonchev–Trinajstić information content (AvgIpc) is 3.17. The van der Waals surface area contributed by atoms with Crippen molar-refractivity contribution in [2.45, 2.75) is 47.2 Å². The number of aromatic nitrogens is 4. The van der Waals surface area contributed by atoms with Crippen molar-refractivity contribution in [3.63, 3.8) is 0 Å². The fourth-order valence-corrected chi connectivity index (χ4v) is 3.21. The second-order valence-corrected chi connectivity index (χ2v) is 6.65. The minimum Gasteiger partial charge on any atom is -0.364 e. The summed E-state index contributed by atoms with van der Waals surface area (Å²) in [5.41, 5.74) is 5.37. The Morgan fingerprint density at radius 2 is 1.59 bits per heavy atom. The van der Waals surface area contributed by atoms with Crippen molar-refractivity contribution in [3.05, 3.63) is 72.3 Å². The normalized spacial score (nSPS) is 10.5. The first-order valence-corrected chi connectivity index (χ1v) is 10.3. The molecule has 2 aromatic carbocycles. The highest BCUT2D eigenvalue weighted by Gasteiger charge is 2.11. The van der Waals surface area contributed by atoms with Crippen LogP contribution in [0.5, 0.6) is 0 Å². The van der Waals surface area contributed by atoms with Gasteiger partial charge in [-0.2, -0.15) is 0 Å². The van der Waals surface area contributed by atoms with Crippen LogP contribution in [0, 0.1) is 6.92 Å². The quantitative estimate of drug-likeness (QED) is 0.451. The van der Waals surface area contributed by atoms with Gasteiger partial charge in [0.2, 0.25) is 0 Å². The van der Waals surface area contributed by atoms with Crippen molar-refractivity contribution < 1.29 is 0 Å². The molecular formula is C24H29N5. The highest BCUT2D eigenvalue weighted by atomic mass is 15.1. The van der Waals surface area contributed by atoms with Crippen molar-refractivity contribution in [2.75, 3.05) is 5.32 Å². The second kappa shape index (κ2) is 9.82. The molecule has 2 heterocycles. The van der Waals surface area contributed by atoms with Gasteiger partial charge < -0.3 is 9.88 Å². The molecule has 0 bridgehead atoms. The molecule has 0 saturated heterocycles. The summed E-state index contributed by atoms with van der Waals surface area (Å²) in [5.74, 6) is 1.54. The number of rotatable bonds is 6. The molecule has 5 heteroatoms. The van der Waals surface area contributed by atoms with Gasteiger partial charge in [0.15, 0.2) is 11.5 Å². The van der Waals surface area contributed by atoms with Crippen molar-refractivity contribution in [3.8, 4) is 11.1 Å². The molecule has 0 spiro atoms. The van der Waals surface area contributed by atoms with Crippen molar-refractivity contribution in [1.29, 1.82) is 0 Å². The molecule has 4 aromatic rings. The third kappa shape index (κ3) is 4.80. The molecule has 0 aliphatic rings. The van der Waals surface area contributed by atoms with Gasteiger partial charge in [0.05, 0.1) is 6.33 Å². The van der Waals surface area contributed by atoms with E-state index in [1.165, 1.54) is 16.7 Å². The summed E-state index contributed by atoms with van der Waals surface area (Å²) < 4.78 is 2.09. The summed E-state index contributed by atoms with van der Waals surface area (Å²) in [5, 5.41) is 3.43. The topological polar surface area (TPSA) is 55.6 Å². The number of imidazole rings is 1. The highest BCUT2D eigenvalue weighted by Crippen LogP contribution is 2.22. The van der Waals surface area contributed by atoms with Crippen LogP contribution in [0.25, 0.3) is 22.3 Å². The molecule has 29 heavy (non-hydrogen) atoms. The summed E-state index contributed by atoms with van der Waals surface area (Å²) >= 11 is 0. The van der Waals surface area contributed by atoms with E-state index in [1.807, 2.05) is 33.2 Å². The zero-order chi connectivity index (χ0) is 20.6. The Morgan fingerprint density at radius 3 is 2.28 bits per heavy atom. The van der Waals surface area contributed by atoms with Crippen molar-refractivity contribution >= 4 is 17.0 Å². The van der Waals surface area contributed by atoms with Crippen LogP contribution in [0.3, 0.4) is 0 Å². The molecular weight excluding hydrogens is 358 g/mol. The number of hydrogen-bond acceptors (Lipinski definition) is 4. The SMILES string of the molecule is CC.CCCn1cnc2c(NCc3ccc(-c4ccccc4)cc3)nc(C)nc21. The van der Waals surface area contributed by atoms with Gasteiger partial charge in [0, 0.05) is 13.1 Å². The first-order valence-electron chi connectivity index (χ1n) is 10.3. The lowest BCUT2D eigenvalue weighted by atomic mass is 10.0. The van der Waals surface area contributed by atoms with E-state index in [-0.39, 0.29) is 0 Å². The standard InChI is InChI=1S/C22H23N5.C2H6/c1-3-13-27-15-24-20-21(25-16(2)26-22(20)27)23-14-17-9-11-19(12-10-17)18-7-5-4-6-8-18;1-2/h4-12,15H,3,13-14H2,1-2H3,(H,23,25,26);1-2H3. The van der Waals surface area contributed by atoms with E-state index in [0.29, 0.717) is 6.54 Å². The van der Waals surface area contributed by atoms with E-state index in [0.717, 1.165) is 35.8 Å². The molecule has 0 radical (unpaired) electrons. The number of nitrogens with zero attached hydrogens (tertiary/aromatic N) is 4. The maximum Gasteiger partial charge on any atom is 0.165 e. The zero-order valence-corrected chi connectivity index (χ0v) is 17.7. The molecule has 5 nitrogen and oxygen atoms in total. The summed E-state index contributed by atoms with van der Waals surface area (Å²) in [7, 11) is 0. The van der Waals surface area contributed by atoms with Gasteiger partial charge in [-0.05, 0) is 30.0 Å². The van der Waals surface area contributed by atoms with Gasteiger partial charge in [-0.15, -0.1) is 0 Å². The minimum atomic E-state index is 0.696. The maximum atomic E-state index is 4.56. The Labute approximate surface area is 172 Å². The van der Waals surface area contributed by atoms with Gasteiger partial charge in [-0.3, -0.25) is 0 Å². The molecule has 0 amide bonds. The van der Waals surface area contributed by atoms with Gasteiger partial charge >= 0.3 is 0 Å². The first-order chi connectivity index (χ1) is 14.2. The minimum absolute atomic E-state index is 0.696. The molecule has 0 saturated carbocycles. The molecule has 4 rings (SSSR count). The average molecular weight is 388 g/mol. The Bertz CT molecular complexity index is 1040. The molecule has 0 unspecified atom stereocenters. The van der Waals surface area contributed by atoms with Crippen molar-refractivity contribution in [2.24, 2.45) is 0 Å². The lowest BCUT2D eigenvalue weighted by Gasteiger charge is -2.09. The maximum absolute atomic E-state index is 4.56. The van der Waals surface area contributed by atoms with E-state index in [1.54, 1.807) is 0 Å². The Balaban J connectivity index is 0.00000117. The van der Waals surface area contributed by atoms with E-state index < -0.39 is 0 Å². The lowest BCUT2D eigenvalue weighted by Crippen LogP contribution is -2.05. The molecule has 0 aliphatic carbocycles. The Hall–Kier alpha value is -3.21.